The summed E-state index contributed by atoms with van der Waals surface area (Å²) < 4.78 is 5.70. The molecule has 0 amide bonds. The van der Waals surface area contributed by atoms with Crippen molar-refractivity contribution in [3.63, 3.8) is 0 Å². The molecule has 1 saturated heterocycles. The quantitative estimate of drug-likeness (QED) is 0.838. The lowest BCUT2D eigenvalue weighted by Gasteiger charge is -2.30. The minimum atomic E-state index is -0.856. The van der Waals surface area contributed by atoms with Gasteiger partial charge in [-0.25, -0.2) is 0 Å². The average Bonchev–Trinajstić information content (AvgIpc) is 2.28. The van der Waals surface area contributed by atoms with Crippen molar-refractivity contribution in [2.45, 2.75) is 32.9 Å². The van der Waals surface area contributed by atoms with Crippen LogP contribution in [0.1, 0.15) is 28.4 Å². The summed E-state index contributed by atoms with van der Waals surface area (Å²) in [5, 5.41) is 11.9. The summed E-state index contributed by atoms with van der Waals surface area (Å²) in [6.45, 7) is 6.97. The van der Waals surface area contributed by atoms with E-state index in [0.29, 0.717) is 6.54 Å². The van der Waals surface area contributed by atoms with Crippen molar-refractivity contribution in [1.29, 1.82) is 0 Å². The van der Waals surface area contributed by atoms with Crippen LogP contribution in [0.3, 0.4) is 0 Å². The van der Waals surface area contributed by atoms with Crippen molar-refractivity contribution >= 4 is 5.97 Å². The molecule has 2 unspecified atom stereocenters. The van der Waals surface area contributed by atoms with Gasteiger partial charge in [-0.1, -0.05) is 17.7 Å². The molecular weight excluding hydrogens is 230 g/mol. The van der Waals surface area contributed by atoms with E-state index in [1.807, 2.05) is 0 Å². The number of aryl methyl sites for hydroxylation is 3. The third-order valence-electron chi connectivity index (χ3n) is 3.37. The Morgan fingerprint density at radius 1 is 1.33 bits per heavy atom. The maximum Gasteiger partial charge on any atom is 0.323 e. The second kappa shape index (κ2) is 5.08. The van der Waals surface area contributed by atoms with E-state index in [9.17, 15) is 4.79 Å². The van der Waals surface area contributed by atoms with Gasteiger partial charge in [0.05, 0.1) is 12.7 Å². The molecule has 0 bridgehead atoms. The number of rotatable bonds is 2. The Balaban J connectivity index is 2.17. The molecule has 4 nitrogen and oxygen atoms in total. The molecule has 1 heterocycles. The van der Waals surface area contributed by atoms with E-state index in [2.05, 4.69) is 38.2 Å². The van der Waals surface area contributed by atoms with Crippen LogP contribution in [0.2, 0.25) is 0 Å². The van der Waals surface area contributed by atoms with Crippen molar-refractivity contribution in [1.82, 2.24) is 5.32 Å². The van der Waals surface area contributed by atoms with Crippen LogP contribution >= 0.6 is 0 Å². The molecule has 1 fully saturated rings. The highest BCUT2D eigenvalue weighted by Crippen LogP contribution is 2.27. The SMILES string of the molecule is Cc1cc(C)c(C2CNC(C(=O)O)CO2)c(C)c1. The zero-order valence-corrected chi connectivity index (χ0v) is 11.0. The predicted molar refractivity (Wildman–Crippen MR) is 68.8 cm³/mol. The van der Waals surface area contributed by atoms with Crippen molar-refractivity contribution in [3.05, 3.63) is 34.4 Å². The van der Waals surface area contributed by atoms with Crippen LogP contribution in [-0.2, 0) is 9.53 Å². The van der Waals surface area contributed by atoms with Crippen LogP contribution in [0.5, 0.6) is 0 Å². The minimum absolute atomic E-state index is 0.0544. The normalized spacial score (nSPS) is 23.9. The molecule has 0 aliphatic carbocycles. The van der Waals surface area contributed by atoms with Crippen LogP contribution in [0, 0.1) is 20.8 Å². The van der Waals surface area contributed by atoms with Gasteiger partial charge in [-0.15, -0.1) is 0 Å². The molecule has 2 atom stereocenters. The van der Waals surface area contributed by atoms with Crippen molar-refractivity contribution in [2.24, 2.45) is 0 Å². The molecule has 18 heavy (non-hydrogen) atoms. The van der Waals surface area contributed by atoms with Crippen LogP contribution in [0.4, 0.5) is 0 Å². The zero-order chi connectivity index (χ0) is 13.3. The van der Waals surface area contributed by atoms with Gasteiger partial charge in [0.15, 0.2) is 0 Å². The van der Waals surface area contributed by atoms with Gasteiger partial charge in [0.25, 0.3) is 0 Å². The number of hydrogen-bond donors (Lipinski definition) is 2. The van der Waals surface area contributed by atoms with E-state index < -0.39 is 12.0 Å². The molecule has 2 rings (SSSR count). The van der Waals surface area contributed by atoms with Gasteiger partial charge >= 0.3 is 5.97 Å². The van der Waals surface area contributed by atoms with Gasteiger partial charge in [-0.3, -0.25) is 10.1 Å². The van der Waals surface area contributed by atoms with Crippen molar-refractivity contribution in [2.75, 3.05) is 13.2 Å². The second-order valence-electron chi connectivity index (χ2n) is 4.93. The highest BCUT2D eigenvalue weighted by Gasteiger charge is 2.28. The molecule has 0 radical (unpaired) electrons. The highest BCUT2D eigenvalue weighted by atomic mass is 16.5. The van der Waals surface area contributed by atoms with E-state index in [4.69, 9.17) is 9.84 Å². The third kappa shape index (κ3) is 2.54. The van der Waals surface area contributed by atoms with E-state index in [-0.39, 0.29) is 12.7 Å². The van der Waals surface area contributed by atoms with Crippen LogP contribution in [0.25, 0.3) is 0 Å². The minimum Gasteiger partial charge on any atom is -0.480 e. The molecule has 1 aromatic rings. The van der Waals surface area contributed by atoms with E-state index in [1.54, 1.807) is 0 Å². The molecule has 1 aromatic carbocycles. The van der Waals surface area contributed by atoms with Gasteiger partial charge in [0.1, 0.15) is 6.04 Å². The number of nitrogens with one attached hydrogen (secondary N) is 1. The molecule has 4 heteroatoms. The van der Waals surface area contributed by atoms with Gasteiger partial charge in [-0.2, -0.15) is 0 Å². The number of carboxylic acids is 1. The lowest BCUT2D eigenvalue weighted by Crippen LogP contribution is -2.47. The van der Waals surface area contributed by atoms with Gasteiger partial charge in [-0.05, 0) is 37.5 Å². The second-order valence-corrected chi connectivity index (χ2v) is 4.93. The molecule has 98 valence electrons. The standard InChI is InChI=1S/C14H19NO3/c1-8-4-9(2)13(10(3)5-8)12-6-15-11(7-18-12)14(16)17/h4-5,11-12,15H,6-7H2,1-3H3,(H,16,17). The summed E-state index contributed by atoms with van der Waals surface area (Å²) in [6.07, 6.45) is -0.0544. The first-order chi connectivity index (χ1) is 8.49. The largest absolute Gasteiger partial charge is 0.480 e. The van der Waals surface area contributed by atoms with Gasteiger partial charge < -0.3 is 9.84 Å². The van der Waals surface area contributed by atoms with Gasteiger partial charge in [0, 0.05) is 6.54 Å². The number of ether oxygens (including phenoxy) is 1. The van der Waals surface area contributed by atoms with Crippen molar-refractivity contribution in [3.8, 4) is 0 Å². The number of carboxylic acid groups (broad SMARTS) is 1. The lowest BCUT2D eigenvalue weighted by molar-refractivity contribution is -0.144. The fourth-order valence-electron chi connectivity index (χ4n) is 2.62. The Morgan fingerprint density at radius 2 is 1.94 bits per heavy atom. The van der Waals surface area contributed by atoms with Crippen LogP contribution in [0.15, 0.2) is 12.1 Å². The first-order valence-corrected chi connectivity index (χ1v) is 6.14. The summed E-state index contributed by atoms with van der Waals surface area (Å²) in [6, 6.07) is 3.68. The number of morpholine rings is 1. The predicted octanol–water partition coefficient (Wildman–Crippen LogP) is 1.73. The Morgan fingerprint density at radius 3 is 2.39 bits per heavy atom. The summed E-state index contributed by atoms with van der Waals surface area (Å²) >= 11 is 0. The molecule has 0 spiro atoms. The summed E-state index contributed by atoms with van der Waals surface area (Å²) in [5.41, 5.74) is 4.82. The average molecular weight is 249 g/mol. The summed E-state index contributed by atoms with van der Waals surface area (Å²) in [4.78, 5) is 10.8. The molecule has 0 aromatic heterocycles. The first-order valence-electron chi connectivity index (χ1n) is 6.14. The number of carbonyl (C=O) groups is 1. The molecule has 1 aliphatic heterocycles. The maximum absolute atomic E-state index is 10.8. The molecule has 2 N–H and O–H groups in total. The fraction of sp³-hybridized carbons (Fsp3) is 0.500. The number of hydrogen-bond acceptors (Lipinski definition) is 3. The Kier molecular flexibility index (Phi) is 3.68. The third-order valence-corrected chi connectivity index (χ3v) is 3.37. The molecule has 1 aliphatic rings. The summed E-state index contributed by atoms with van der Waals surface area (Å²) in [7, 11) is 0. The monoisotopic (exact) mass is 249 g/mol. The zero-order valence-electron chi connectivity index (χ0n) is 11.0. The molecular formula is C14H19NO3. The lowest BCUT2D eigenvalue weighted by atomic mass is 9.94. The first kappa shape index (κ1) is 13.1. The van der Waals surface area contributed by atoms with E-state index in [1.165, 1.54) is 22.3 Å². The number of aliphatic carboxylic acids is 1. The fourth-order valence-corrected chi connectivity index (χ4v) is 2.62. The maximum atomic E-state index is 10.8. The Labute approximate surface area is 107 Å². The van der Waals surface area contributed by atoms with Crippen LogP contribution < -0.4 is 5.32 Å². The van der Waals surface area contributed by atoms with Crippen molar-refractivity contribution < 1.29 is 14.6 Å². The Bertz CT molecular complexity index is 439. The highest BCUT2D eigenvalue weighted by molar-refractivity contribution is 5.73. The van der Waals surface area contributed by atoms with Crippen LogP contribution in [-0.4, -0.2) is 30.3 Å². The Hall–Kier alpha value is -1.39. The van der Waals surface area contributed by atoms with Gasteiger partial charge in [0.2, 0.25) is 0 Å². The molecule has 0 saturated carbocycles. The van der Waals surface area contributed by atoms with E-state index >= 15 is 0 Å². The topological polar surface area (TPSA) is 58.6 Å². The smallest absolute Gasteiger partial charge is 0.323 e. The summed E-state index contributed by atoms with van der Waals surface area (Å²) in [5.74, 6) is -0.856. The number of benzene rings is 1. The van der Waals surface area contributed by atoms with E-state index in [0.717, 1.165) is 0 Å².